The molecule has 3 saturated carbocycles. The summed E-state index contributed by atoms with van der Waals surface area (Å²) >= 11 is 0. The minimum Gasteiger partial charge on any atom is -0.393 e. The maximum absolute atomic E-state index is 10.2. The SMILES string of the molecule is CC(C)C(C)C(C)CC(C)C1CCC2C3CC=C4CC(O)CCC4(C)C3CCC12C. The van der Waals surface area contributed by atoms with Crippen LogP contribution in [0.15, 0.2) is 11.6 Å². The van der Waals surface area contributed by atoms with E-state index in [4.69, 9.17) is 0 Å². The van der Waals surface area contributed by atoms with Crippen LogP contribution in [-0.4, -0.2) is 11.2 Å². The van der Waals surface area contributed by atoms with Gasteiger partial charge in [0.15, 0.2) is 0 Å². The molecule has 10 atom stereocenters. The van der Waals surface area contributed by atoms with Gasteiger partial charge in [-0.15, -0.1) is 0 Å². The first-order chi connectivity index (χ1) is 14.1. The van der Waals surface area contributed by atoms with Crippen molar-refractivity contribution in [1.29, 1.82) is 0 Å². The number of fused-ring (bicyclic) bond motifs is 5. The lowest BCUT2D eigenvalue weighted by molar-refractivity contribution is -0.0584. The monoisotopic (exact) mass is 414 g/mol. The van der Waals surface area contributed by atoms with Gasteiger partial charge in [0, 0.05) is 0 Å². The maximum Gasteiger partial charge on any atom is 0.0577 e. The molecule has 0 radical (unpaired) electrons. The molecule has 4 aliphatic carbocycles. The van der Waals surface area contributed by atoms with E-state index in [1.165, 1.54) is 44.9 Å². The maximum atomic E-state index is 10.2. The fourth-order valence-electron chi connectivity index (χ4n) is 9.24. The van der Waals surface area contributed by atoms with Crippen LogP contribution >= 0.6 is 0 Å². The zero-order valence-electron chi connectivity index (χ0n) is 21.1. The third kappa shape index (κ3) is 3.64. The second-order valence-electron chi connectivity index (χ2n) is 13.2. The van der Waals surface area contributed by atoms with Gasteiger partial charge in [-0.3, -0.25) is 0 Å². The van der Waals surface area contributed by atoms with Crippen molar-refractivity contribution in [3.05, 3.63) is 11.6 Å². The Morgan fingerprint density at radius 2 is 1.70 bits per heavy atom. The molecule has 172 valence electrons. The summed E-state index contributed by atoms with van der Waals surface area (Å²) in [5, 5.41) is 10.2. The fraction of sp³-hybridized carbons (Fsp3) is 0.931. The molecule has 3 fully saturated rings. The second-order valence-corrected chi connectivity index (χ2v) is 13.2. The van der Waals surface area contributed by atoms with E-state index in [-0.39, 0.29) is 6.10 Å². The highest BCUT2D eigenvalue weighted by Crippen LogP contribution is 2.67. The van der Waals surface area contributed by atoms with Gasteiger partial charge < -0.3 is 5.11 Å². The van der Waals surface area contributed by atoms with E-state index in [1.807, 2.05) is 0 Å². The molecule has 1 nitrogen and oxygen atoms in total. The zero-order chi connectivity index (χ0) is 21.8. The Hall–Kier alpha value is -0.300. The van der Waals surface area contributed by atoms with Gasteiger partial charge in [0.25, 0.3) is 0 Å². The van der Waals surface area contributed by atoms with E-state index >= 15 is 0 Å². The smallest absolute Gasteiger partial charge is 0.0577 e. The normalized spacial score (nSPS) is 46.4. The fourth-order valence-corrected chi connectivity index (χ4v) is 9.24. The molecule has 1 heteroatoms. The van der Waals surface area contributed by atoms with Crippen LogP contribution in [0.4, 0.5) is 0 Å². The largest absolute Gasteiger partial charge is 0.393 e. The van der Waals surface area contributed by atoms with Crippen molar-refractivity contribution in [2.45, 2.75) is 112 Å². The van der Waals surface area contributed by atoms with Crippen LogP contribution < -0.4 is 0 Å². The number of rotatable bonds is 5. The van der Waals surface area contributed by atoms with E-state index in [0.717, 1.165) is 60.2 Å². The Morgan fingerprint density at radius 1 is 0.967 bits per heavy atom. The highest BCUT2D eigenvalue weighted by molar-refractivity contribution is 5.25. The number of allylic oxidation sites excluding steroid dienone is 1. The van der Waals surface area contributed by atoms with Crippen molar-refractivity contribution in [2.24, 2.45) is 58.2 Å². The first-order valence-corrected chi connectivity index (χ1v) is 13.5. The van der Waals surface area contributed by atoms with Crippen molar-refractivity contribution >= 4 is 0 Å². The van der Waals surface area contributed by atoms with Crippen molar-refractivity contribution < 1.29 is 5.11 Å². The molecule has 0 amide bonds. The zero-order valence-corrected chi connectivity index (χ0v) is 21.1. The first kappa shape index (κ1) is 22.9. The quantitative estimate of drug-likeness (QED) is 0.454. The van der Waals surface area contributed by atoms with Crippen molar-refractivity contribution in [2.75, 3.05) is 0 Å². The van der Waals surface area contributed by atoms with Crippen molar-refractivity contribution in [3.8, 4) is 0 Å². The molecule has 4 aliphatic rings. The van der Waals surface area contributed by atoms with Crippen LogP contribution in [0.2, 0.25) is 0 Å². The van der Waals surface area contributed by atoms with Gasteiger partial charge in [-0.2, -0.15) is 0 Å². The van der Waals surface area contributed by atoms with E-state index in [1.54, 1.807) is 5.57 Å². The molecule has 0 heterocycles. The third-order valence-electron chi connectivity index (χ3n) is 11.5. The Labute approximate surface area is 187 Å². The second kappa shape index (κ2) is 8.24. The summed E-state index contributed by atoms with van der Waals surface area (Å²) in [6.45, 7) is 17.6. The lowest BCUT2D eigenvalue weighted by Gasteiger charge is -2.58. The molecular formula is C29H50O. The molecule has 0 bridgehead atoms. The molecular weight excluding hydrogens is 364 g/mol. The lowest BCUT2D eigenvalue weighted by atomic mass is 9.47. The van der Waals surface area contributed by atoms with E-state index in [9.17, 15) is 5.11 Å². The summed E-state index contributed by atoms with van der Waals surface area (Å²) in [6, 6.07) is 0. The average molecular weight is 415 g/mol. The number of aliphatic hydroxyl groups excluding tert-OH is 1. The Bertz CT molecular complexity index is 649. The van der Waals surface area contributed by atoms with E-state index in [2.05, 4.69) is 54.5 Å². The Kier molecular flexibility index (Phi) is 6.28. The molecule has 1 N–H and O–H groups in total. The molecule has 0 spiro atoms. The van der Waals surface area contributed by atoms with Gasteiger partial charge in [0.1, 0.15) is 0 Å². The summed E-state index contributed by atoms with van der Waals surface area (Å²) in [4.78, 5) is 0. The highest BCUT2D eigenvalue weighted by atomic mass is 16.3. The van der Waals surface area contributed by atoms with Crippen LogP contribution in [0, 0.1) is 58.2 Å². The van der Waals surface area contributed by atoms with Crippen molar-refractivity contribution in [1.82, 2.24) is 0 Å². The molecule has 10 unspecified atom stereocenters. The summed E-state index contributed by atoms with van der Waals surface area (Å²) in [7, 11) is 0. The molecule has 4 rings (SSSR count). The minimum atomic E-state index is -0.0818. The Morgan fingerprint density at radius 3 is 2.40 bits per heavy atom. The molecule has 0 aromatic rings. The summed E-state index contributed by atoms with van der Waals surface area (Å²) in [5.41, 5.74) is 2.57. The molecule has 0 aromatic carbocycles. The highest BCUT2D eigenvalue weighted by Gasteiger charge is 2.59. The van der Waals surface area contributed by atoms with Gasteiger partial charge in [0.05, 0.1) is 6.10 Å². The van der Waals surface area contributed by atoms with Crippen LogP contribution in [0.25, 0.3) is 0 Å². The van der Waals surface area contributed by atoms with Gasteiger partial charge in [-0.05, 0) is 116 Å². The van der Waals surface area contributed by atoms with Gasteiger partial charge >= 0.3 is 0 Å². The van der Waals surface area contributed by atoms with Crippen molar-refractivity contribution in [3.63, 3.8) is 0 Å². The van der Waals surface area contributed by atoms with Crippen LogP contribution in [0.3, 0.4) is 0 Å². The predicted molar refractivity (Wildman–Crippen MR) is 128 cm³/mol. The number of hydrogen-bond acceptors (Lipinski definition) is 1. The van der Waals surface area contributed by atoms with Crippen LogP contribution in [0.1, 0.15) is 106 Å². The lowest BCUT2D eigenvalue weighted by Crippen LogP contribution is -2.50. The molecule has 30 heavy (non-hydrogen) atoms. The van der Waals surface area contributed by atoms with Gasteiger partial charge in [0.2, 0.25) is 0 Å². The summed E-state index contributed by atoms with van der Waals surface area (Å²) in [6.07, 6.45) is 14.2. The van der Waals surface area contributed by atoms with Crippen LogP contribution in [-0.2, 0) is 0 Å². The van der Waals surface area contributed by atoms with Gasteiger partial charge in [-0.1, -0.05) is 60.1 Å². The molecule has 0 aromatic heterocycles. The molecule has 0 saturated heterocycles. The van der Waals surface area contributed by atoms with E-state index < -0.39 is 0 Å². The van der Waals surface area contributed by atoms with E-state index in [0.29, 0.717) is 10.8 Å². The standard InChI is InChI=1S/C29H50O/c1-18(2)21(5)19(3)16-20(4)25-10-11-26-24-9-8-22-17-23(30)12-14-28(22,6)27(24)13-15-29(25,26)7/h8,18-21,23-27,30H,9-17H2,1-7H3. The van der Waals surface area contributed by atoms with Gasteiger partial charge in [-0.25, -0.2) is 0 Å². The predicted octanol–water partition coefficient (Wildman–Crippen LogP) is 7.88. The third-order valence-corrected chi connectivity index (χ3v) is 11.5. The molecule has 0 aliphatic heterocycles. The first-order valence-electron chi connectivity index (χ1n) is 13.5. The summed E-state index contributed by atoms with van der Waals surface area (Å²) < 4.78 is 0. The minimum absolute atomic E-state index is 0.0818. The topological polar surface area (TPSA) is 20.2 Å². The Balaban J connectivity index is 1.50. The number of hydrogen-bond donors (Lipinski definition) is 1. The number of aliphatic hydroxyl groups is 1. The summed E-state index contributed by atoms with van der Waals surface area (Å²) in [5.74, 6) is 6.97. The van der Waals surface area contributed by atoms with Crippen LogP contribution in [0.5, 0.6) is 0 Å². The average Bonchev–Trinajstić information content (AvgIpc) is 3.05.